The van der Waals surface area contributed by atoms with Crippen molar-refractivity contribution in [2.75, 3.05) is 6.61 Å². The Balaban J connectivity index is 2.57. The maximum atomic E-state index is 10.9. The summed E-state index contributed by atoms with van der Waals surface area (Å²) in [4.78, 5) is 24.3. The predicted molar refractivity (Wildman–Crippen MR) is 59.2 cm³/mol. The number of ether oxygens (including phenoxy) is 3. The number of hydrogen-bond donors (Lipinski definition) is 0. The normalized spacial score (nSPS) is 26.9. The maximum Gasteiger partial charge on any atom is 0.304 e. The number of rotatable bonds is 4. The summed E-state index contributed by atoms with van der Waals surface area (Å²) >= 11 is 0. The van der Waals surface area contributed by atoms with Gasteiger partial charge in [-0.1, -0.05) is 5.11 Å². The minimum atomic E-state index is -0.923. The Labute approximate surface area is 104 Å². The van der Waals surface area contributed by atoms with E-state index in [9.17, 15) is 9.59 Å². The van der Waals surface area contributed by atoms with Gasteiger partial charge in [-0.15, -0.1) is 0 Å². The molecule has 8 nitrogen and oxygen atoms in total. The molecular weight excluding hydrogens is 242 g/mol. The van der Waals surface area contributed by atoms with Crippen LogP contribution in [0.15, 0.2) is 5.11 Å². The van der Waals surface area contributed by atoms with E-state index in [1.54, 1.807) is 0 Å². The van der Waals surface area contributed by atoms with E-state index in [1.807, 2.05) is 0 Å². The van der Waals surface area contributed by atoms with Crippen molar-refractivity contribution in [2.45, 2.75) is 45.1 Å². The summed E-state index contributed by atoms with van der Waals surface area (Å²) in [5.74, 6) is -0.925. The van der Waals surface area contributed by atoms with Crippen LogP contribution in [0.25, 0.3) is 10.4 Å². The van der Waals surface area contributed by atoms with Crippen LogP contribution >= 0.6 is 0 Å². The summed E-state index contributed by atoms with van der Waals surface area (Å²) in [6.45, 7) is 2.64. The van der Waals surface area contributed by atoms with Crippen LogP contribution in [-0.4, -0.2) is 37.0 Å². The fraction of sp³-hybridized carbons (Fsp3) is 0.800. The Morgan fingerprint density at radius 2 is 2.11 bits per heavy atom. The lowest BCUT2D eigenvalue weighted by Crippen LogP contribution is -2.42. The van der Waals surface area contributed by atoms with Crippen LogP contribution in [0.5, 0.6) is 0 Å². The molecule has 3 atom stereocenters. The van der Waals surface area contributed by atoms with Gasteiger partial charge in [-0.25, -0.2) is 0 Å². The van der Waals surface area contributed by atoms with Crippen molar-refractivity contribution in [3.05, 3.63) is 10.4 Å². The van der Waals surface area contributed by atoms with E-state index in [0.29, 0.717) is 12.8 Å². The summed E-state index contributed by atoms with van der Waals surface area (Å²) < 4.78 is 15.2. The van der Waals surface area contributed by atoms with E-state index in [4.69, 9.17) is 19.7 Å². The predicted octanol–water partition coefficient (Wildman–Crippen LogP) is 1.30. The Morgan fingerprint density at radius 3 is 2.67 bits per heavy atom. The third-order valence-electron chi connectivity index (χ3n) is 2.38. The van der Waals surface area contributed by atoms with Gasteiger partial charge >= 0.3 is 11.9 Å². The molecule has 0 aromatic rings. The van der Waals surface area contributed by atoms with Gasteiger partial charge in [0.2, 0.25) is 6.29 Å². The molecule has 100 valence electrons. The molecule has 0 N–H and O–H groups in total. The van der Waals surface area contributed by atoms with Crippen molar-refractivity contribution in [2.24, 2.45) is 5.11 Å². The molecule has 1 heterocycles. The number of nitrogens with zero attached hydrogens (tertiary/aromatic N) is 3. The van der Waals surface area contributed by atoms with Crippen LogP contribution in [0.2, 0.25) is 0 Å². The first-order valence-corrected chi connectivity index (χ1v) is 5.53. The smallest absolute Gasteiger partial charge is 0.304 e. The molecule has 8 heteroatoms. The molecule has 1 rings (SSSR count). The van der Waals surface area contributed by atoms with Crippen LogP contribution in [0, 0.1) is 0 Å². The van der Waals surface area contributed by atoms with Crippen molar-refractivity contribution >= 4 is 11.9 Å². The van der Waals surface area contributed by atoms with E-state index in [2.05, 4.69) is 10.0 Å². The highest BCUT2D eigenvalue weighted by Crippen LogP contribution is 2.23. The first kappa shape index (κ1) is 14.3. The first-order chi connectivity index (χ1) is 8.52. The highest BCUT2D eigenvalue weighted by molar-refractivity contribution is 5.66. The zero-order chi connectivity index (χ0) is 13.5. The second-order valence-electron chi connectivity index (χ2n) is 3.89. The van der Waals surface area contributed by atoms with Crippen LogP contribution in [0.3, 0.4) is 0 Å². The molecule has 0 aromatic carbocycles. The SMILES string of the molecule is CC(=O)OC[C@H]1CC[C@H](N=[N+]=[N-])C(OC(C)=O)O1. The maximum absolute atomic E-state index is 10.9. The van der Waals surface area contributed by atoms with Crippen molar-refractivity contribution in [1.29, 1.82) is 0 Å². The van der Waals surface area contributed by atoms with Crippen LogP contribution in [0.1, 0.15) is 26.7 Å². The van der Waals surface area contributed by atoms with Gasteiger partial charge in [0, 0.05) is 18.8 Å². The van der Waals surface area contributed by atoms with Gasteiger partial charge in [0.15, 0.2) is 0 Å². The Kier molecular flexibility index (Phi) is 5.41. The number of azide groups is 1. The third-order valence-corrected chi connectivity index (χ3v) is 2.38. The van der Waals surface area contributed by atoms with Gasteiger partial charge in [-0.2, -0.15) is 0 Å². The zero-order valence-electron chi connectivity index (χ0n) is 10.2. The molecule has 1 saturated heterocycles. The third kappa shape index (κ3) is 4.60. The highest BCUT2D eigenvalue weighted by atomic mass is 16.7. The average Bonchev–Trinajstić information content (AvgIpc) is 2.29. The molecule has 0 aromatic heterocycles. The van der Waals surface area contributed by atoms with Crippen LogP contribution in [0.4, 0.5) is 0 Å². The Morgan fingerprint density at radius 1 is 1.39 bits per heavy atom. The van der Waals surface area contributed by atoms with Gasteiger partial charge < -0.3 is 14.2 Å². The molecule has 0 spiro atoms. The fourth-order valence-electron chi connectivity index (χ4n) is 1.62. The molecule has 1 fully saturated rings. The lowest BCUT2D eigenvalue weighted by molar-refractivity contribution is -0.213. The fourth-order valence-corrected chi connectivity index (χ4v) is 1.62. The molecule has 0 bridgehead atoms. The minimum absolute atomic E-state index is 0.0933. The van der Waals surface area contributed by atoms with Gasteiger partial charge in [0.25, 0.3) is 0 Å². The highest BCUT2D eigenvalue weighted by Gasteiger charge is 2.33. The average molecular weight is 257 g/mol. The largest absolute Gasteiger partial charge is 0.463 e. The summed E-state index contributed by atoms with van der Waals surface area (Å²) in [7, 11) is 0. The van der Waals surface area contributed by atoms with E-state index in [1.165, 1.54) is 13.8 Å². The molecule has 18 heavy (non-hydrogen) atoms. The Bertz CT molecular complexity index is 367. The molecule has 1 aliphatic rings. The van der Waals surface area contributed by atoms with E-state index in [-0.39, 0.29) is 12.7 Å². The van der Waals surface area contributed by atoms with Crippen LogP contribution in [-0.2, 0) is 23.8 Å². The number of hydrogen-bond acceptors (Lipinski definition) is 6. The second-order valence-corrected chi connectivity index (χ2v) is 3.89. The van der Waals surface area contributed by atoms with Crippen molar-refractivity contribution in [1.82, 2.24) is 0 Å². The van der Waals surface area contributed by atoms with E-state index in [0.717, 1.165) is 0 Å². The van der Waals surface area contributed by atoms with Gasteiger partial charge in [-0.05, 0) is 18.4 Å². The van der Waals surface area contributed by atoms with Crippen molar-refractivity contribution in [3.63, 3.8) is 0 Å². The summed E-state index contributed by atoms with van der Waals surface area (Å²) in [6.07, 6.45) is -0.209. The molecule has 0 aliphatic carbocycles. The minimum Gasteiger partial charge on any atom is -0.463 e. The first-order valence-electron chi connectivity index (χ1n) is 5.53. The summed E-state index contributed by atoms with van der Waals surface area (Å²) in [6, 6.07) is -0.549. The monoisotopic (exact) mass is 257 g/mol. The van der Waals surface area contributed by atoms with Crippen LogP contribution < -0.4 is 0 Å². The lowest BCUT2D eigenvalue weighted by Gasteiger charge is -2.33. The second kappa shape index (κ2) is 6.83. The number of carbonyl (C=O) groups excluding carboxylic acids is 2. The van der Waals surface area contributed by atoms with Crippen molar-refractivity contribution < 1.29 is 23.8 Å². The number of esters is 2. The van der Waals surface area contributed by atoms with Gasteiger partial charge in [-0.3, -0.25) is 9.59 Å². The molecule has 1 aliphatic heterocycles. The van der Waals surface area contributed by atoms with Gasteiger partial charge in [0.1, 0.15) is 12.6 Å². The standard InChI is InChI=1S/C10H15N3O5/c1-6(14)16-5-8-3-4-9(12-13-11)10(18-8)17-7(2)15/h8-10H,3-5H2,1-2H3/t8-,9+,10?/m1/s1. The van der Waals surface area contributed by atoms with Gasteiger partial charge in [0.05, 0.1) is 6.10 Å². The lowest BCUT2D eigenvalue weighted by atomic mass is 10.0. The quantitative estimate of drug-likeness (QED) is 0.326. The summed E-state index contributed by atoms with van der Waals surface area (Å²) in [5, 5.41) is 3.52. The Hall–Kier alpha value is -1.79. The summed E-state index contributed by atoms with van der Waals surface area (Å²) in [5.41, 5.74) is 8.41. The molecular formula is C10H15N3O5. The molecule has 0 radical (unpaired) electrons. The molecule has 0 saturated carbocycles. The molecule has 1 unspecified atom stereocenters. The number of carbonyl (C=O) groups is 2. The van der Waals surface area contributed by atoms with E-state index < -0.39 is 24.3 Å². The topological polar surface area (TPSA) is 111 Å². The molecule has 0 amide bonds. The van der Waals surface area contributed by atoms with E-state index >= 15 is 0 Å². The zero-order valence-corrected chi connectivity index (χ0v) is 10.2. The van der Waals surface area contributed by atoms with Crippen molar-refractivity contribution in [3.8, 4) is 0 Å².